The standard InChI is InChI=1S/C19H22O5/c1-11-3-5-19(22)12(2)7-14(20)8-16(19)18(11)9-15(24-17(18)21)13-4-6-23-10-13/h4,6-7,10-11,15-16,22H,3,5,8-9H2,1-2H3/t11-,15-,16-,18-,19-/m0/s1. The Balaban J connectivity index is 1.79. The van der Waals surface area contributed by atoms with Crippen molar-refractivity contribution < 1.29 is 23.8 Å². The summed E-state index contributed by atoms with van der Waals surface area (Å²) in [6.07, 6.45) is 6.32. The highest BCUT2D eigenvalue weighted by atomic mass is 16.6. The first kappa shape index (κ1) is 15.6. The number of carbonyl (C=O) groups excluding carboxylic acids is 2. The summed E-state index contributed by atoms with van der Waals surface area (Å²) in [5.41, 5.74) is -0.407. The maximum atomic E-state index is 13.0. The number of hydrogen-bond donors (Lipinski definition) is 1. The number of rotatable bonds is 1. The highest BCUT2D eigenvalue weighted by Crippen LogP contribution is 2.62. The zero-order chi connectivity index (χ0) is 17.1. The summed E-state index contributed by atoms with van der Waals surface area (Å²) in [7, 11) is 0. The topological polar surface area (TPSA) is 76.7 Å². The van der Waals surface area contributed by atoms with Crippen molar-refractivity contribution >= 4 is 11.8 Å². The molecule has 5 nitrogen and oxygen atoms in total. The number of furan rings is 1. The molecule has 1 aromatic rings. The van der Waals surface area contributed by atoms with Crippen LogP contribution in [-0.4, -0.2) is 22.5 Å². The smallest absolute Gasteiger partial charge is 0.313 e. The van der Waals surface area contributed by atoms with Crippen LogP contribution in [0.5, 0.6) is 0 Å². The quantitative estimate of drug-likeness (QED) is 0.801. The van der Waals surface area contributed by atoms with Gasteiger partial charge < -0.3 is 14.3 Å². The zero-order valence-corrected chi connectivity index (χ0v) is 14.0. The lowest BCUT2D eigenvalue weighted by Gasteiger charge is -2.53. The third-order valence-electron chi connectivity index (χ3n) is 6.57. The van der Waals surface area contributed by atoms with E-state index in [1.165, 1.54) is 6.08 Å². The van der Waals surface area contributed by atoms with E-state index in [4.69, 9.17) is 9.15 Å². The fraction of sp³-hybridized carbons (Fsp3) is 0.579. The number of ether oxygens (including phenoxy) is 1. The molecule has 1 N–H and O–H groups in total. The molecule has 5 atom stereocenters. The predicted octanol–water partition coefficient (Wildman–Crippen LogP) is 2.95. The summed E-state index contributed by atoms with van der Waals surface area (Å²) >= 11 is 0. The molecule has 2 aliphatic carbocycles. The minimum absolute atomic E-state index is 0.0183. The number of allylic oxidation sites excluding steroid dienone is 1. The number of esters is 1. The third-order valence-corrected chi connectivity index (χ3v) is 6.57. The van der Waals surface area contributed by atoms with Gasteiger partial charge >= 0.3 is 5.97 Å². The maximum absolute atomic E-state index is 13.0. The summed E-state index contributed by atoms with van der Waals surface area (Å²) in [6, 6.07) is 1.80. The molecular weight excluding hydrogens is 308 g/mol. The lowest BCUT2D eigenvalue weighted by molar-refractivity contribution is -0.170. The van der Waals surface area contributed by atoms with Crippen LogP contribution in [0.15, 0.2) is 34.7 Å². The van der Waals surface area contributed by atoms with Crippen molar-refractivity contribution in [2.45, 2.75) is 51.2 Å². The van der Waals surface area contributed by atoms with E-state index in [9.17, 15) is 14.7 Å². The minimum Gasteiger partial charge on any atom is -0.472 e. The van der Waals surface area contributed by atoms with E-state index in [0.717, 1.165) is 12.0 Å². The normalized spacial score (nSPS) is 42.0. The lowest BCUT2D eigenvalue weighted by atomic mass is 9.50. The monoisotopic (exact) mass is 330 g/mol. The van der Waals surface area contributed by atoms with Crippen molar-refractivity contribution in [3.8, 4) is 0 Å². The molecule has 24 heavy (non-hydrogen) atoms. The van der Waals surface area contributed by atoms with Crippen LogP contribution in [0.2, 0.25) is 0 Å². The van der Waals surface area contributed by atoms with Crippen molar-refractivity contribution in [2.75, 3.05) is 0 Å². The molecule has 128 valence electrons. The fourth-order valence-electron chi connectivity index (χ4n) is 5.09. The summed E-state index contributed by atoms with van der Waals surface area (Å²) in [5, 5.41) is 11.3. The Labute approximate surface area is 140 Å². The fourth-order valence-corrected chi connectivity index (χ4v) is 5.09. The average molecular weight is 330 g/mol. The van der Waals surface area contributed by atoms with Crippen LogP contribution in [-0.2, 0) is 14.3 Å². The average Bonchev–Trinajstić information content (AvgIpc) is 3.16. The molecule has 3 aliphatic rings. The highest BCUT2D eigenvalue weighted by molar-refractivity contribution is 5.93. The molecule has 5 heteroatoms. The van der Waals surface area contributed by atoms with Crippen LogP contribution >= 0.6 is 0 Å². The lowest BCUT2D eigenvalue weighted by Crippen LogP contribution is -2.59. The first-order valence-corrected chi connectivity index (χ1v) is 8.55. The first-order valence-electron chi connectivity index (χ1n) is 8.55. The Kier molecular flexibility index (Phi) is 3.29. The van der Waals surface area contributed by atoms with Crippen LogP contribution in [0.3, 0.4) is 0 Å². The van der Waals surface area contributed by atoms with E-state index in [0.29, 0.717) is 18.4 Å². The maximum Gasteiger partial charge on any atom is 0.313 e. The van der Waals surface area contributed by atoms with Gasteiger partial charge in [0, 0.05) is 24.3 Å². The number of cyclic esters (lactones) is 1. The van der Waals surface area contributed by atoms with Gasteiger partial charge in [0.25, 0.3) is 0 Å². The summed E-state index contributed by atoms with van der Waals surface area (Å²) in [4.78, 5) is 25.2. The second kappa shape index (κ2) is 5.06. The van der Waals surface area contributed by atoms with Crippen LogP contribution in [0, 0.1) is 17.3 Å². The van der Waals surface area contributed by atoms with Gasteiger partial charge in [-0.05, 0) is 43.4 Å². The summed E-state index contributed by atoms with van der Waals surface area (Å²) < 4.78 is 10.8. The van der Waals surface area contributed by atoms with E-state index in [1.54, 1.807) is 25.5 Å². The Morgan fingerprint density at radius 1 is 1.33 bits per heavy atom. The molecule has 0 bridgehead atoms. The van der Waals surface area contributed by atoms with Crippen LogP contribution < -0.4 is 0 Å². The molecule has 4 rings (SSSR count). The van der Waals surface area contributed by atoms with E-state index in [2.05, 4.69) is 0 Å². The zero-order valence-electron chi connectivity index (χ0n) is 14.0. The molecule has 0 unspecified atom stereocenters. The molecule has 0 aromatic carbocycles. The van der Waals surface area contributed by atoms with Crippen LogP contribution in [0.1, 0.15) is 51.2 Å². The van der Waals surface area contributed by atoms with Gasteiger partial charge in [0.2, 0.25) is 0 Å². The van der Waals surface area contributed by atoms with E-state index < -0.39 is 16.9 Å². The highest BCUT2D eigenvalue weighted by Gasteiger charge is 2.66. The van der Waals surface area contributed by atoms with E-state index in [-0.39, 0.29) is 30.2 Å². The largest absolute Gasteiger partial charge is 0.472 e. The van der Waals surface area contributed by atoms with Crippen molar-refractivity contribution in [3.05, 3.63) is 35.8 Å². The van der Waals surface area contributed by atoms with Gasteiger partial charge in [-0.3, -0.25) is 9.59 Å². The van der Waals surface area contributed by atoms with Gasteiger partial charge in [-0.25, -0.2) is 0 Å². The minimum atomic E-state index is -1.09. The van der Waals surface area contributed by atoms with E-state index >= 15 is 0 Å². The van der Waals surface area contributed by atoms with Crippen LogP contribution in [0.25, 0.3) is 0 Å². The molecule has 1 saturated carbocycles. The van der Waals surface area contributed by atoms with Gasteiger partial charge in [-0.1, -0.05) is 6.92 Å². The van der Waals surface area contributed by atoms with Gasteiger partial charge in [-0.2, -0.15) is 0 Å². The molecule has 0 amide bonds. The van der Waals surface area contributed by atoms with E-state index in [1.807, 2.05) is 6.92 Å². The number of fused-ring (bicyclic) bond motifs is 2. The van der Waals surface area contributed by atoms with Gasteiger partial charge in [0.15, 0.2) is 5.78 Å². The van der Waals surface area contributed by atoms with Crippen molar-refractivity contribution in [1.82, 2.24) is 0 Å². The molecule has 1 spiro atoms. The SMILES string of the molecule is CC1=CC(=O)C[C@H]2[C@]3(C[C@@H](c4ccoc4)OC3=O)[C@@H](C)CC[C@]12O. The molecule has 1 aliphatic heterocycles. The Bertz CT molecular complexity index is 718. The third kappa shape index (κ3) is 1.91. The first-order chi connectivity index (χ1) is 11.4. The van der Waals surface area contributed by atoms with Gasteiger partial charge in [0.1, 0.15) is 6.10 Å². The molecular formula is C19H22O5. The Morgan fingerprint density at radius 2 is 2.12 bits per heavy atom. The number of carbonyl (C=O) groups is 2. The second-order valence-electron chi connectivity index (χ2n) is 7.61. The molecule has 2 fully saturated rings. The number of aliphatic hydroxyl groups is 1. The van der Waals surface area contributed by atoms with Gasteiger partial charge in [-0.15, -0.1) is 0 Å². The van der Waals surface area contributed by atoms with Crippen molar-refractivity contribution in [1.29, 1.82) is 0 Å². The number of ketones is 1. The molecule has 1 aromatic heterocycles. The second-order valence-corrected chi connectivity index (χ2v) is 7.61. The summed E-state index contributed by atoms with van der Waals surface area (Å²) in [6.45, 7) is 3.83. The van der Waals surface area contributed by atoms with Crippen molar-refractivity contribution in [3.63, 3.8) is 0 Å². The Morgan fingerprint density at radius 3 is 2.83 bits per heavy atom. The molecule has 2 heterocycles. The molecule has 1 saturated heterocycles. The van der Waals surface area contributed by atoms with Crippen molar-refractivity contribution in [2.24, 2.45) is 17.3 Å². The van der Waals surface area contributed by atoms with Gasteiger partial charge in [0.05, 0.1) is 23.5 Å². The van der Waals surface area contributed by atoms with Crippen LogP contribution in [0.4, 0.5) is 0 Å². The molecule has 0 radical (unpaired) electrons. The predicted molar refractivity (Wildman–Crippen MR) is 84.8 cm³/mol. The summed E-state index contributed by atoms with van der Waals surface area (Å²) in [5.74, 6) is -0.663. The Hall–Kier alpha value is -1.88. The number of hydrogen-bond acceptors (Lipinski definition) is 5.